The summed E-state index contributed by atoms with van der Waals surface area (Å²) >= 11 is 0. The molecule has 1 fully saturated rings. The molecule has 0 spiro atoms. The molecule has 1 aliphatic rings. The van der Waals surface area contributed by atoms with Crippen LogP contribution in [0.3, 0.4) is 0 Å². The van der Waals surface area contributed by atoms with Crippen LogP contribution in [0.5, 0.6) is 0 Å². The van der Waals surface area contributed by atoms with E-state index in [0.29, 0.717) is 12.6 Å². The number of rotatable bonds is 4. The second-order valence-electron chi connectivity index (χ2n) is 4.68. The molecule has 0 heterocycles. The molecule has 0 saturated heterocycles. The van der Waals surface area contributed by atoms with Gasteiger partial charge < -0.3 is 4.90 Å². The zero-order valence-corrected chi connectivity index (χ0v) is 10.4. The zero-order valence-electron chi connectivity index (χ0n) is 10.4. The minimum absolute atomic E-state index is 0.0853. The molecule has 1 atom stereocenters. The van der Waals surface area contributed by atoms with Crippen molar-refractivity contribution >= 4 is 5.91 Å². The first-order valence-corrected chi connectivity index (χ1v) is 5.91. The highest BCUT2D eigenvalue weighted by molar-refractivity contribution is 5.81. The highest BCUT2D eigenvalue weighted by atomic mass is 16.2. The molecule has 0 N–H and O–H groups in total. The van der Waals surface area contributed by atoms with E-state index in [0.717, 1.165) is 12.8 Å². The van der Waals surface area contributed by atoms with E-state index >= 15 is 0 Å². The van der Waals surface area contributed by atoms with Crippen LogP contribution in [0, 0.1) is 11.3 Å². The van der Waals surface area contributed by atoms with Crippen molar-refractivity contribution in [2.45, 2.75) is 44.7 Å². The van der Waals surface area contributed by atoms with Gasteiger partial charge in [-0.15, -0.1) is 0 Å². The molecule has 1 unspecified atom stereocenters. The summed E-state index contributed by atoms with van der Waals surface area (Å²) in [5.41, 5.74) is 0. The number of amides is 1. The van der Waals surface area contributed by atoms with Crippen LogP contribution in [0.25, 0.3) is 0 Å². The summed E-state index contributed by atoms with van der Waals surface area (Å²) in [5.74, 6) is 0.0853. The van der Waals surface area contributed by atoms with Crippen molar-refractivity contribution in [3.63, 3.8) is 0 Å². The normalized spacial score (nSPS) is 18.4. The number of carbonyl (C=O) groups excluding carboxylic acids is 1. The van der Waals surface area contributed by atoms with Crippen molar-refractivity contribution < 1.29 is 4.79 Å². The first-order chi connectivity index (χ1) is 7.57. The van der Waals surface area contributed by atoms with Gasteiger partial charge in [0.05, 0.1) is 18.7 Å². The molecule has 0 aromatic rings. The van der Waals surface area contributed by atoms with Crippen LogP contribution in [0.1, 0.15) is 32.6 Å². The van der Waals surface area contributed by atoms with E-state index in [2.05, 4.69) is 11.0 Å². The lowest BCUT2D eigenvalue weighted by Gasteiger charge is -2.32. The predicted molar refractivity (Wildman–Crippen MR) is 62.7 cm³/mol. The van der Waals surface area contributed by atoms with Gasteiger partial charge in [0.15, 0.2) is 0 Å². The Hall–Kier alpha value is -1.08. The highest BCUT2D eigenvalue weighted by Gasteiger charge is 2.30. The first-order valence-electron chi connectivity index (χ1n) is 5.91. The van der Waals surface area contributed by atoms with Gasteiger partial charge in [0.1, 0.15) is 0 Å². The fourth-order valence-corrected chi connectivity index (χ4v) is 2.42. The number of hydrogen-bond donors (Lipinski definition) is 0. The molecule has 4 heteroatoms. The summed E-state index contributed by atoms with van der Waals surface area (Å²) in [6.45, 7) is 2.25. The van der Waals surface area contributed by atoms with Crippen LogP contribution in [-0.4, -0.2) is 48.4 Å². The zero-order chi connectivity index (χ0) is 12.1. The summed E-state index contributed by atoms with van der Waals surface area (Å²) in [4.78, 5) is 15.5. The van der Waals surface area contributed by atoms with E-state index in [1.807, 2.05) is 6.92 Å². The summed E-state index contributed by atoms with van der Waals surface area (Å²) < 4.78 is 0. The van der Waals surface area contributed by atoms with Crippen LogP contribution in [0.15, 0.2) is 0 Å². The van der Waals surface area contributed by atoms with E-state index < -0.39 is 0 Å². The molecule has 0 aromatic carbocycles. The topological polar surface area (TPSA) is 47.3 Å². The van der Waals surface area contributed by atoms with Crippen molar-refractivity contribution in [2.75, 3.05) is 20.6 Å². The highest BCUT2D eigenvalue weighted by Crippen LogP contribution is 2.25. The van der Waals surface area contributed by atoms with Crippen LogP contribution in [0.2, 0.25) is 0 Å². The van der Waals surface area contributed by atoms with Crippen molar-refractivity contribution in [1.82, 2.24) is 9.80 Å². The standard InChI is InChI=1S/C12H21N3O/c1-10(12(16)14(2)3)15(9-8-13)11-6-4-5-7-11/h10-11H,4-7,9H2,1-3H3. The van der Waals surface area contributed by atoms with Gasteiger partial charge in [-0.05, 0) is 19.8 Å². The fraction of sp³-hybridized carbons (Fsp3) is 0.833. The molecule has 0 bridgehead atoms. The van der Waals surface area contributed by atoms with E-state index in [9.17, 15) is 4.79 Å². The van der Waals surface area contributed by atoms with Gasteiger partial charge in [0, 0.05) is 20.1 Å². The molecule has 4 nitrogen and oxygen atoms in total. The molecule has 0 radical (unpaired) electrons. The minimum Gasteiger partial charge on any atom is -0.347 e. The van der Waals surface area contributed by atoms with Gasteiger partial charge in [-0.1, -0.05) is 12.8 Å². The van der Waals surface area contributed by atoms with Crippen molar-refractivity contribution in [3.8, 4) is 6.07 Å². The fourth-order valence-electron chi connectivity index (χ4n) is 2.42. The van der Waals surface area contributed by atoms with Crippen LogP contribution in [0.4, 0.5) is 0 Å². The largest absolute Gasteiger partial charge is 0.347 e. The molecule has 1 amide bonds. The van der Waals surface area contributed by atoms with E-state index in [-0.39, 0.29) is 11.9 Å². The lowest BCUT2D eigenvalue weighted by molar-refractivity contribution is -0.134. The molecular weight excluding hydrogens is 202 g/mol. The molecule has 0 aliphatic heterocycles. The van der Waals surface area contributed by atoms with Gasteiger partial charge >= 0.3 is 0 Å². The summed E-state index contributed by atoms with van der Waals surface area (Å²) in [7, 11) is 3.52. The van der Waals surface area contributed by atoms with Crippen molar-refractivity contribution in [1.29, 1.82) is 5.26 Å². The number of hydrogen-bond acceptors (Lipinski definition) is 3. The predicted octanol–water partition coefficient (Wildman–Crippen LogP) is 1.23. The molecule has 0 aromatic heterocycles. The molecule has 90 valence electrons. The third-order valence-corrected chi connectivity index (χ3v) is 3.34. The van der Waals surface area contributed by atoms with Gasteiger partial charge in [0.2, 0.25) is 5.91 Å². The Kier molecular flexibility index (Phi) is 4.75. The van der Waals surface area contributed by atoms with E-state index in [1.54, 1.807) is 19.0 Å². The SMILES string of the molecule is CC(C(=O)N(C)C)N(CC#N)C1CCCC1. The van der Waals surface area contributed by atoms with Crippen LogP contribution in [-0.2, 0) is 4.79 Å². The monoisotopic (exact) mass is 223 g/mol. The Morgan fingerprint density at radius 3 is 2.44 bits per heavy atom. The van der Waals surface area contributed by atoms with Gasteiger partial charge in [-0.2, -0.15) is 5.26 Å². The Balaban J connectivity index is 2.68. The molecule has 1 rings (SSSR count). The lowest BCUT2D eigenvalue weighted by Crippen LogP contribution is -2.48. The molecule has 16 heavy (non-hydrogen) atoms. The number of nitriles is 1. The van der Waals surface area contributed by atoms with Crippen LogP contribution >= 0.6 is 0 Å². The average molecular weight is 223 g/mol. The Morgan fingerprint density at radius 2 is 2.00 bits per heavy atom. The molecule has 1 aliphatic carbocycles. The maximum Gasteiger partial charge on any atom is 0.239 e. The van der Waals surface area contributed by atoms with Crippen molar-refractivity contribution in [2.24, 2.45) is 0 Å². The second-order valence-corrected chi connectivity index (χ2v) is 4.68. The Morgan fingerprint density at radius 1 is 1.44 bits per heavy atom. The summed E-state index contributed by atoms with van der Waals surface area (Å²) in [5, 5.41) is 8.85. The smallest absolute Gasteiger partial charge is 0.239 e. The first kappa shape index (κ1) is 13.0. The van der Waals surface area contributed by atoms with E-state index in [4.69, 9.17) is 5.26 Å². The maximum atomic E-state index is 11.9. The minimum atomic E-state index is -0.183. The average Bonchev–Trinajstić information content (AvgIpc) is 2.76. The van der Waals surface area contributed by atoms with Gasteiger partial charge in [-0.25, -0.2) is 0 Å². The number of nitrogens with zero attached hydrogens (tertiary/aromatic N) is 3. The van der Waals surface area contributed by atoms with Crippen molar-refractivity contribution in [3.05, 3.63) is 0 Å². The van der Waals surface area contributed by atoms with Crippen LogP contribution < -0.4 is 0 Å². The second kappa shape index (κ2) is 5.86. The Bertz CT molecular complexity index is 276. The summed E-state index contributed by atoms with van der Waals surface area (Å²) in [6.07, 6.45) is 4.67. The number of carbonyl (C=O) groups is 1. The summed E-state index contributed by atoms with van der Waals surface area (Å²) in [6, 6.07) is 2.41. The molecule has 1 saturated carbocycles. The maximum absolute atomic E-state index is 11.9. The third kappa shape index (κ3) is 2.96. The third-order valence-electron chi connectivity index (χ3n) is 3.34. The van der Waals surface area contributed by atoms with E-state index in [1.165, 1.54) is 12.8 Å². The lowest BCUT2D eigenvalue weighted by atomic mass is 10.1. The van der Waals surface area contributed by atoms with Gasteiger partial charge in [0.25, 0.3) is 0 Å². The molecular formula is C12H21N3O. The number of likely N-dealkylation sites (N-methyl/N-ethyl adjacent to an activating group) is 1. The quantitative estimate of drug-likeness (QED) is 0.673. The Labute approximate surface area is 97.8 Å². The van der Waals surface area contributed by atoms with Gasteiger partial charge in [-0.3, -0.25) is 9.69 Å².